The summed E-state index contributed by atoms with van der Waals surface area (Å²) in [4.78, 5) is 12.0. The molecule has 1 N–H and O–H groups in total. The van der Waals surface area contributed by atoms with Crippen LogP contribution in [0.3, 0.4) is 0 Å². The van der Waals surface area contributed by atoms with Gasteiger partial charge in [0, 0.05) is 30.2 Å². The summed E-state index contributed by atoms with van der Waals surface area (Å²) in [6.07, 6.45) is 1.12. The Kier molecular flexibility index (Phi) is 3.93. The number of nitrogens with one attached hydrogen (secondary N) is 1. The summed E-state index contributed by atoms with van der Waals surface area (Å²) in [6.45, 7) is 6.58. The van der Waals surface area contributed by atoms with Gasteiger partial charge in [-0.3, -0.25) is 4.79 Å². The molecule has 1 aromatic carbocycles. The second-order valence-electron chi connectivity index (χ2n) is 5.29. The van der Waals surface area contributed by atoms with E-state index in [1.807, 2.05) is 25.2 Å². The van der Waals surface area contributed by atoms with E-state index in [1.54, 1.807) is 10.6 Å². The lowest BCUT2D eigenvalue weighted by molar-refractivity contribution is 0.495. The number of pyridine rings is 1. The molecule has 0 aliphatic rings. The number of anilines is 1. The van der Waals surface area contributed by atoms with Crippen molar-refractivity contribution in [1.82, 2.24) is 4.57 Å². The van der Waals surface area contributed by atoms with Crippen LogP contribution in [0.15, 0.2) is 35.1 Å². The minimum absolute atomic E-state index is 0.0255. The van der Waals surface area contributed by atoms with Crippen molar-refractivity contribution in [3.05, 3.63) is 40.7 Å². The molecule has 0 saturated heterocycles. The minimum atomic E-state index is 0.0255. The Labute approximate surface area is 114 Å². The van der Waals surface area contributed by atoms with Crippen molar-refractivity contribution >= 4 is 16.6 Å². The van der Waals surface area contributed by atoms with Crippen molar-refractivity contribution in [1.29, 1.82) is 0 Å². The maximum absolute atomic E-state index is 12.0. The molecule has 2 unspecified atom stereocenters. The lowest BCUT2D eigenvalue weighted by Crippen LogP contribution is -2.25. The van der Waals surface area contributed by atoms with Crippen LogP contribution in [0.2, 0.25) is 0 Å². The van der Waals surface area contributed by atoms with Crippen LogP contribution in [0, 0.1) is 5.92 Å². The molecule has 0 aliphatic carbocycles. The number of benzene rings is 1. The maximum atomic E-state index is 12.0. The molecule has 2 atom stereocenters. The zero-order chi connectivity index (χ0) is 14.0. The molecule has 2 aromatic rings. The van der Waals surface area contributed by atoms with Gasteiger partial charge in [-0.25, -0.2) is 0 Å². The topological polar surface area (TPSA) is 34.0 Å². The molecule has 3 nitrogen and oxygen atoms in total. The van der Waals surface area contributed by atoms with Gasteiger partial charge in [0.05, 0.1) is 5.52 Å². The van der Waals surface area contributed by atoms with Gasteiger partial charge >= 0.3 is 0 Å². The molecule has 3 heteroatoms. The number of aromatic nitrogens is 1. The molecule has 0 fully saturated rings. The Hall–Kier alpha value is -1.77. The van der Waals surface area contributed by atoms with Crippen LogP contribution in [0.1, 0.15) is 27.2 Å². The van der Waals surface area contributed by atoms with Crippen LogP contribution < -0.4 is 10.9 Å². The smallest absolute Gasteiger partial charge is 0.252 e. The third-order valence-corrected chi connectivity index (χ3v) is 4.03. The third kappa shape index (κ3) is 2.65. The highest BCUT2D eigenvalue weighted by Gasteiger charge is 2.12. The van der Waals surface area contributed by atoms with E-state index in [1.165, 1.54) is 0 Å². The predicted molar refractivity (Wildman–Crippen MR) is 81.7 cm³/mol. The fourth-order valence-corrected chi connectivity index (χ4v) is 2.27. The molecule has 2 rings (SSSR count). The number of hydrogen-bond acceptors (Lipinski definition) is 2. The van der Waals surface area contributed by atoms with Gasteiger partial charge < -0.3 is 9.88 Å². The molecule has 1 aromatic heterocycles. The van der Waals surface area contributed by atoms with Gasteiger partial charge in [-0.05, 0) is 18.9 Å². The zero-order valence-electron chi connectivity index (χ0n) is 12.1. The van der Waals surface area contributed by atoms with Gasteiger partial charge in [0.1, 0.15) is 0 Å². The van der Waals surface area contributed by atoms with E-state index >= 15 is 0 Å². The van der Waals surface area contributed by atoms with Gasteiger partial charge in [-0.1, -0.05) is 38.5 Å². The number of rotatable bonds is 4. The van der Waals surface area contributed by atoms with Gasteiger partial charge in [0.15, 0.2) is 0 Å². The number of hydrogen-bond donors (Lipinski definition) is 1. The quantitative estimate of drug-likeness (QED) is 0.912. The van der Waals surface area contributed by atoms with Crippen molar-refractivity contribution in [2.75, 3.05) is 5.32 Å². The first-order valence-corrected chi connectivity index (χ1v) is 6.90. The number of fused-ring (bicyclic) bond motifs is 1. The molecular formula is C16H22N2O. The van der Waals surface area contributed by atoms with Crippen molar-refractivity contribution < 1.29 is 0 Å². The van der Waals surface area contributed by atoms with E-state index in [-0.39, 0.29) is 5.56 Å². The van der Waals surface area contributed by atoms with E-state index in [2.05, 4.69) is 32.2 Å². The molecule has 102 valence electrons. The number of nitrogens with zero attached hydrogens (tertiary/aromatic N) is 1. The van der Waals surface area contributed by atoms with E-state index < -0.39 is 0 Å². The summed E-state index contributed by atoms with van der Waals surface area (Å²) in [5.74, 6) is 0.572. The second kappa shape index (κ2) is 5.47. The monoisotopic (exact) mass is 258 g/mol. The SMILES string of the molecule is CCC(C)C(C)Nc1cc(=O)n(C)c2ccccc12. The third-order valence-electron chi connectivity index (χ3n) is 4.03. The van der Waals surface area contributed by atoms with E-state index in [4.69, 9.17) is 0 Å². The highest BCUT2D eigenvalue weighted by Crippen LogP contribution is 2.23. The van der Waals surface area contributed by atoms with Gasteiger partial charge in [-0.2, -0.15) is 0 Å². The summed E-state index contributed by atoms with van der Waals surface area (Å²) >= 11 is 0. The largest absolute Gasteiger partial charge is 0.382 e. The van der Waals surface area contributed by atoms with Crippen LogP contribution in [0.5, 0.6) is 0 Å². The average molecular weight is 258 g/mol. The second-order valence-corrected chi connectivity index (χ2v) is 5.29. The normalized spacial score (nSPS) is 14.3. The molecule has 1 heterocycles. The Bertz CT molecular complexity index is 630. The van der Waals surface area contributed by atoms with Gasteiger partial charge in [0.2, 0.25) is 0 Å². The fraction of sp³-hybridized carbons (Fsp3) is 0.438. The van der Waals surface area contributed by atoms with Crippen LogP contribution in [-0.2, 0) is 7.05 Å². The maximum Gasteiger partial charge on any atom is 0.252 e. The average Bonchev–Trinajstić information content (AvgIpc) is 2.43. The Balaban J connectivity index is 2.49. The van der Waals surface area contributed by atoms with E-state index in [0.29, 0.717) is 12.0 Å². The highest BCUT2D eigenvalue weighted by atomic mass is 16.1. The minimum Gasteiger partial charge on any atom is -0.382 e. The fourth-order valence-electron chi connectivity index (χ4n) is 2.27. The molecule has 0 spiro atoms. The highest BCUT2D eigenvalue weighted by molar-refractivity contribution is 5.91. The summed E-state index contributed by atoms with van der Waals surface area (Å²) < 4.78 is 1.69. The van der Waals surface area contributed by atoms with Crippen LogP contribution in [-0.4, -0.2) is 10.6 Å². The van der Waals surface area contributed by atoms with Crippen molar-refractivity contribution in [2.45, 2.75) is 33.2 Å². The first-order chi connectivity index (χ1) is 9.04. The van der Waals surface area contributed by atoms with Crippen molar-refractivity contribution in [3.8, 4) is 0 Å². The van der Waals surface area contributed by atoms with Gasteiger partial charge in [0.25, 0.3) is 5.56 Å². The Morgan fingerprint density at radius 1 is 1.26 bits per heavy atom. The first-order valence-electron chi connectivity index (χ1n) is 6.90. The lowest BCUT2D eigenvalue weighted by atomic mass is 10.0. The number of aryl methyl sites for hydroxylation is 1. The van der Waals surface area contributed by atoms with Crippen LogP contribution in [0.25, 0.3) is 10.9 Å². The Morgan fingerprint density at radius 2 is 1.95 bits per heavy atom. The summed E-state index contributed by atoms with van der Waals surface area (Å²) in [7, 11) is 1.81. The first kappa shape index (κ1) is 13.7. The van der Waals surface area contributed by atoms with Crippen LogP contribution in [0.4, 0.5) is 5.69 Å². The summed E-state index contributed by atoms with van der Waals surface area (Å²) in [5.41, 5.74) is 1.93. The number of para-hydroxylation sites is 1. The Morgan fingerprint density at radius 3 is 2.63 bits per heavy atom. The molecule has 0 amide bonds. The molecule has 0 aliphatic heterocycles. The summed E-state index contributed by atoms with van der Waals surface area (Å²) in [5, 5.41) is 4.59. The van der Waals surface area contributed by atoms with Crippen molar-refractivity contribution in [3.63, 3.8) is 0 Å². The van der Waals surface area contributed by atoms with E-state index in [0.717, 1.165) is 23.0 Å². The standard InChI is InChI=1S/C16H22N2O/c1-5-11(2)12(3)17-14-10-16(19)18(4)15-9-7-6-8-13(14)15/h6-12,17H,5H2,1-4H3. The molecule has 0 radical (unpaired) electrons. The van der Waals surface area contributed by atoms with Crippen LogP contribution >= 0.6 is 0 Å². The summed E-state index contributed by atoms with van der Waals surface area (Å²) in [6, 6.07) is 10.0. The lowest BCUT2D eigenvalue weighted by Gasteiger charge is -2.22. The van der Waals surface area contributed by atoms with Crippen molar-refractivity contribution in [2.24, 2.45) is 13.0 Å². The molecular weight excluding hydrogens is 236 g/mol. The predicted octanol–water partition coefficient (Wildman–Crippen LogP) is 3.39. The van der Waals surface area contributed by atoms with Gasteiger partial charge in [-0.15, -0.1) is 0 Å². The van der Waals surface area contributed by atoms with E-state index in [9.17, 15) is 4.79 Å². The zero-order valence-corrected chi connectivity index (χ0v) is 12.1. The molecule has 19 heavy (non-hydrogen) atoms. The molecule has 0 saturated carbocycles. The molecule has 0 bridgehead atoms.